The maximum atomic E-state index is 13.0. The first-order chi connectivity index (χ1) is 12.8. The third-order valence-corrected chi connectivity index (χ3v) is 4.00. The van der Waals surface area contributed by atoms with E-state index in [1.54, 1.807) is 24.3 Å². The summed E-state index contributed by atoms with van der Waals surface area (Å²) in [7, 11) is 0. The van der Waals surface area contributed by atoms with Gasteiger partial charge in [0.2, 0.25) is 5.76 Å². The lowest BCUT2D eigenvalue weighted by Gasteiger charge is -2.18. The summed E-state index contributed by atoms with van der Waals surface area (Å²) in [6.07, 6.45) is -3.46. The summed E-state index contributed by atoms with van der Waals surface area (Å²) in [6.45, 7) is 0.461. The molecule has 2 aromatic carbocycles. The molecule has 0 bridgehead atoms. The van der Waals surface area contributed by atoms with E-state index in [0.717, 1.165) is 28.9 Å². The standard InChI is InChI=1S/C18H13BrF3NO4/c19-12-2-4-13(5-3-12)27-15-6-1-11(18(20,21)22)9-14(15)23-17(24)16-10-25-7-8-26-16/h1-6,9-10H,7-8H2,(H,23,24). The average molecular weight is 444 g/mol. The number of rotatable bonds is 4. The fourth-order valence-corrected chi connectivity index (χ4v) is 2.46. The quantitative estimate of drug-likeness (QED) is 0.715. The molecule has 0 atom stereocenters. The predicted molar refractivity (Wildman–Crippen MR) is 94.3 cm³/mol. The van der Waals surface area contributed by atoms with Gasteiger partial charge in [-0.15, -0.1) is 0 Å². The van der Waals surface area contributed by atoms with Crippen molar-refractivity contribution in [2.75, 3.05) is 18.5 Å². The van der Waals surface area contributed by atoms with Crippen molar-refractivity contribution in [3.8, 4) is 11.5 Å². The van der Waals surface area contributed by atoms with Crippen molar-refractivity contribution >= 4 is 27.5 Å². The van der Waals surface area contributed by atoms with Crippen LogP contribution in [0, 0.1) is 0 Å². The molecule has 0 aromatic heterocycles. The monoisotopic (exact) mass is 443 g/mol. The Bertz CT molecular complexity index is 866. The highest BCUT2D eigenvalue weighted by molar-refractivity contribution is 9.10. The van der Waals surface area contributed by atoms with Gasteiger partial charge in [0, 0.05) is 4.47 Å². The molecule has 0 fully saturated rings. The number of amides is 1. The van der Waals surface area contributed by atoms with Crippen LogP contribution in [0.5, 0.6) is 11.5 Å². The van der Waals surface area contributed by atoms with E-state index in [4.69, 9.17) is 14.2 Å². The van der Waals surface area contributed by atoms with E-state index < -0.39 is 17.6 Å². The van der Waals surface area contributed by atoms with Crippen LogP contribution < -0.4 is 10.1 Å². The van der Waals surface area contributed by atoms with Crippen LogP contribution in [0.25, 0.3) is 0 Å². The smallest absolute Gasteiger partial charge is 0.416 e. The molecule has 142 valence electrons. The van der Waals surface area contributed by atoms with Crippen LogP contribution in [0.3, 0.4) is 0 Å². The Hall–Kier alpha value is -2.68. The Morgan fingerprint density at radius 1 is 1.11 bits per heavy atom. The molecule has 9 heteroatoms. The van der Waals surface area contributed by atoms with Gasteiger partial charge < -0.3 is 19.5 Å². The van der Waals surface area contributed by atoms with E-state index in [-0.39, 0.29) is 30.4 Å². The van der Waals surface area contributed by atoms with Gasteiger partial charge in [-0.05, 0) is 42.5 Å². The molecular weight excluding hydrogens is 431 g/mol. The SMILES string of the molecule is O=C(Nc1cc(C(F)(F)F)ccc1Oc1ccc(Br)cc1)C1=COCCO1. The summed E-state index contributed by atoms with van der Waals surface area (Å²) < 4.78 is 55.7. The number of carbonyl (C=O) groups excluding carboxylic acids is 1. The molecule has 1 aliphatic heterocycles. The third kappa shape index (κ3) is 4.94. The molecule has 3 rings (SSSR count). The fraction of sp³-hybridized carbons (Fsp3) is 0.167. The molecule has 27 heavy (non-hydrogen) atoms. The van der Waals surface area contributed by atoms with Gasteiger partial charge in [0.1, 0.15) is 25.2 Å². The number of carbonyl (C=O) groups is 1. The van der Waals surface area contributed by atoms with Crippen LogP contribution in [0.4, 0.5) is 18.9 Å². The lowest BCUT2D eigenvalue weighted by atomic mass is 10.1. The number of halogens is 4. The van der Waals surface area contributed by atoms with Crippen molar-refractivity contribution in [1.29, 1.82) is 0 Å². The van der Waals surface area contributed by atoms with Gasteiger partial charge in [-0.3, -0.25) is 4.79 Å². The highest BCUT2D eigenvalue weighted by Crippen LogP contribution is 2.37. The van der Waals surface area contributed by atoms with E-state index in [1.807, 2.05) is 0 Å². The maximum absolute atomic E-state index is 13.0. The summed E-state index contributed by atoms with van der Waals surface area (Å²) in [4.78, 5) is 12.3. The molecular formula is C18H13BrF3NO4. The van der Waals surface area contributed by atoms with E-state index in [1.165, 1.54) is 0 Å². The average Bonchev–Trinajstić information content (AvgIpc) is 2.64. The number of hydrogen-bond acceptors (Lipinski definition) is 4. The molecule has 0 unspecified atom stereocenters. The Morgan fingerprint density at radius 2 is 1.85 bits per heavy atom. The van der Waals surface area contributed by atoms with Gasteiger partial charge in [-0.25, -0.2) is 0 Å². The van der Waals surface area contributed by atoms with E-state index >= 15 is 0 Å². The molecule has 1 amide bonds. The van der Waals surface area contributed by atoms with E-state index in [2.05, 4.69) is 21.2 Å². The molecule has 1 aliphatic rings. The summed E-state index contributed by atoms with van der Waals surface area (Å²) in [5.41, 5.74) is -1.07. The zero-order chi connectivity index (χ0) is 19.4. The number of benzene rings is 2. The van der Waals surface area contributed by atoms with Gasteiger partial charge >= 0.3 is 6.18 Å². The molecule has 0 saturated heterocycles. The lowest BCUT2D eigenvalue weighted by Crippen LogP contribution is -2.21. The zero-order valence-corrected chi connectivity index (χ0v) is 15.3. The van der Waals surface area contributed by atoms with Crippen LogP contribution in [0.2, 0.25) is 0 Å². The van der Waals surface area contributed by atoms with Crippen molar-refractivity contribution in [3.05, 3.63) is 64.5 Å². The highest BCUT2D eigenvalue weighted by Gasteiger charge is 2.31. The summed E-state index contributed by atoms with van der Waals surface area (Å²) >= 11 is 3.28. The number of alkyl halides is 3. The summed E-state index contributed by atoms with van der Waals surface area (Å²) in [6, 6.07) is 9.53. The van der Waals surface area contributed by atoms with E-state index in [9.17, 15) is 18.0 Å². The largest absolute Gasteiger partial charge is 0.494 e. The van der Waals surface area contributed by atoms with Crippen molar-refractivity contribution in [2.45, 2.75) is 6.18 Å². The number of nitrogens with one attached hydrogen (secondary N) is 1. The molecule has 0 radical (unpaired) electrons. The van der Waals surface area contributed by atoms with Crippen LogP contribution in [0.1, 0.15) is 5.56 Å². The van der Waals surface area contributed by atoms with Crippen molar-refractivity contribution in [2.24, 2.45) is 0 Å². The van der Waals surface area contributed by atoms with Crippen LogP contribution >= 0.6 is 15.9 Å². The number of hydrogen-bond donors (Lipinski definition) is 1. The van der Waals surface area contributed by atoms with Crippen LogP contribution in [0.15, 0.2) is 59.0 Å². The number of ether oxygens (including phenoxy) is 3. The van der Waals surface area contributed by atoms with Gasteiger partial charge in [0.05, 0.1) is 11.3 Å². The normalized spacial score (nSPS) is 13.9. The minimum Gasteiger partial charge on any atom is -0.494 e. The number of anilines is 1. The molecule has 0 saturated carbocycles. The Morgan fingerprint density at radius 3 is 2.48 bits per heavy atom. The Kier molecular flexibility index (Phi) is 5.59. The maximum Gasteiger partial charge on any atom is 0.416 e. The summed E-state index contributed by atoms with van der Waals surface area (Å²) in [5, 5.41) is 2.38. The first kappa shape index (κ1) is 19.1. The summed E-state index contributed by atoms with van der Waals surface area (Å²) in [5.74, 6) is -0.427. The highest BCUT2D eigenvalue weighted by atomic mass is 79.9. The minimum absolute atomic E-state index is 0.0519. The third-order valence-electron chi connectivity index (χ3n) is 3.47. The first-order valence-corrected chi connectivity index (χ1v) is 8.53. The van der Waals surface area contributed by atoms with Crippen molar-refractivity contribution < 1.29 is 32.2 Å². The molecule has 2 aromatic rings. The Balaban J connectivity index is 1.90. The van der Waals surface area contributed by atoms with Gasteiger partial charge in [0.25, 0.3) is 5.91 Å². The molecule has 0 aliphatic carbocycles. The topological polar surface area (TPSA) is 56.8 Å². The minimum atomic E-state index is -4.57. The Labute approximate surface area is 160 Å². The molecule has 1 N–H and O–H groups in total. The first-order valence-electron chi connectivity index (χ1n) is 7.73. The van der Waals surface area contributed by atoms with Gasteiger partial charge in [0.15, 0.2) is 5.75 Å². The van der Waals surface area contributed by atoms with Gasteiger partial charge in [-0.1, -0.05) is 15.9 Å². The zero-order valence-electron chi connectivity index (χ0n) is 13.7. The predicted octanol–water partition coefficient (Wildman–Crippen LogP) is 5.09. The van der Waals surface area contributed by atoms with E-state index in [0.29, 0.717) is 5.75 Å². The van der Waals surface area contributed by atoms with Crippen molar-refractivity contribution in [1.82, 2.24) is 0 Å². The molecule has 0 spiro atoms. The second-order valence-electron chi connectivity index (χ2n) is 5.42. The van der Waals surface area contributed by atoms with Gasteiger partial charge in [-0.2, -0.15) is 13.2 Å². The lowest BCUT2D eigenvalue weighted by molar-refractivity contribution is -0.137. The second kappa shape index (κ2) is 7.91. The molecule has 1 heterocycles. The molecule has 5 nitrogen and oxygen atoms in total. The second-order valence-corrected chi connectivity index (χ2v) is 6.34. The van der Waals surface area contributed by atoms with Crippen LogP contribution in [-0.2, 0) is 20.4 Å². The van der Waals surface area contributed by atoms with Crippen molar-refractivity contribution in [3.63, 3.8) is 0 Å². The van der Waals surface area contributed by atoms with Crippen LogP contribution in [-0.4, -0.2) is 19.1 Å². The fourth-order valence-electron chi connectivity index (χ4n) is 2.19.